The van der Waals surface area contributed by atoms with E-state index in [1.54, 1.807) is 0 Å². The normalized spacial score (nSPS) is 14.2. The molecule has 6 N–H and O–H groups in total. The highest BCUT2D eigenvalue weighted by molar-refractivity contribution is 5.79. The first kappa shape index (κ1) is 12.3. The molecule has 0 aliphatic rings. The van der Waals surface area contributed by atoms with E-state index >= 15 is 0 Å². The average Bonchev–Trinajstić information content (AvgIpc) is 2.04. The molecule has 0 aromatic carbocycles. The molecule has 1 amide bonds. The first-order valence-electron chi connectivity index (χ1n) is 4.25. The van der Waals surface area contributed by atoms with Crippen LogP contribution in [0.4, 0.5) is 0 Å². The quantitative estimate of drug-likeness (QED) is 0.404. The molecule has 1 unspecified atom stereocenters. The van der Waals surface area contributed by atoms with Gasteiger partial charge in [-0.15, -0.1) is 0 Å². The summed E-state index contributed by atoms with van der Waals surface area (Å²) < 4.78 is 0. The third kappa shape index (κ3) is 5.57. The zero-order chi connectivity index (χ0) is 10.5. The predicted molar refractivity (Wildman–Crippen MR) is 50.9 cm³/mol. The summed E-state index contributed by atoms with van der Waals surface area (Å²) in [5.41, 5.74) is 10.2. The second-order valence-corrected chi connectivity index (χ2v) is 3.96. The number of hydrogen-bond donors (Lipinski definition) is 4. The minimum Gasteiger partial charge on any atom is -0.396 e. The monoisotopic (exact) mass is 189 g/mol. The molecular formula is C8H19N3O2. The maximum atomic E-state index is 10.5. The van der Waals surface area contributed by atoms with Gasteiger partial charge in [-0.2, -0.15) is 0 Å². The fraction of sp³-hybridized carbons (Fsp3) is 0.875. The number of rotatable bonds is 6. The fourth-order valence-electron chi connectivity index (χ4n) is 0.723. The third-order valence-electron chi connectivity index (χ3n) is 1.76. The Balaban J connectivity index is 3.62. The van der Waals surface area contributed by atoms with E-state index in [0.29, 0.717) is 13.1 Å². The number of aliphatic hydroxyl groups excluding tert-OH is 1. The Bertz CT molecular complexity index is 171. The van der Waals surface area contributed by atoms with E-state index in [1.807, 2.05) is 13.8 Å². The molecule has 0 aliphatic carbocycles. The molecule has 5 heteroatoms. The van der Waals surface area contributed by atoms with Crippen LogP contribution < -0.4 is 16.8 Å². The summed E-state index contributed by atoms with van der Waals surface area (Å²) >= 11 is 0. The minimum absolute atomic E-state index is 0.0891. The van der Waals surface area contributed by atoms with Gasteiger partial charge in [-0.25, -0.2) is 0 Å². The molecule has 0 aromatic heterocycles. The van der Waals surface area contributed by atoms with Crippen molar-refractivity contribution in [1.29, 1.82) is 0 Å². The molecule has 0 rings (SSSR count). The lowest BCUT2D eigenvalue weighted by Gasteiger charge is -2.22. The molecule has 0 aromatic rings. The van der Waals surface area contributed by atoms with Crippen molar-refractivity contribution in [3.05, 3.63) is 0 Å². The van der Waals surface area contributed by atoms with Gasteiger partial charge in [-0.1, -0.05) is 13.8 Å². The van der Waals surface area contributed by atoms with E-state index in [-0.39, 0.29) is 12.0 Å². The second kappa shape index (κ2) is 5.16. The number of carbonyl (C=O) groups excluding carboxylic acids is 1. The number of hydrogen-bond acceptors (Lipinski definition) is 4. The van der Waals surface area contributed by atoms with Crippen molar-refractivity contribution < 1.29 is 9.90 Å². The average molecular weight is 189 g/mol. The van der Waals surface area contributed by atoms with Gasteiger partial charge < -0.3 is 21.9 Å². The molecule has 0 aliphatic heterocycles. The van der Waals surface area contributed by atoms with Gasteiger partial charge in [-0.3, -0.25) is 4.79 Å². The van der Waals surface area contributed by atoms with E-state index in [4.69, 9.17) is 16.6 Å². The Morgan fingerprint density at radius 1 is 1.62 bits per heavy atom. The van der Waals surface area contributed by atoms with Gasteiger partial charge in [0, 0.05) is 25.1 Å². The summed E-state index contributed by atoms with van der Waals surface area (Å²) in [7, 11) is 0. The zero-order valence-corrected chi connectivity index (χ0v) is 8.21. The lowest BCUT2D eigenvalue weighted by Crippen LogP contribution is -2.46. The van der Waals surface area contributed by atoms with Crippen LogP contribution in [0.3, 0.4) is 0 Å². The molecule has 0 radical (unpaired) electrons. The van der Waals surface area contributed by atoms with Gasteiger partial charge in [-0.05, 0) is 0 Å². The van der Waals surface area contributed by atoms with Crippen molar-refractivity contribution in [1.82, 2.24) is 5.32 Å². The largest absolute Gasteiger partial charge is 0.396 e. The molecule has 0 bridgehead atoms. The molecule has 13 heavy (non-hydrogen) atoms. The van der Waals surface area contributed by atoms with Crippen LogP contribution in [0.1, 0.15) is 13.8 Å². The summed E-state index contributed by atoms with van der Waals surface area (Å²) in [4.78, 5) is 10.5. The molecule has 0 saturated carbocycles. The Morgan fingerprint density at radius 3 is 2.54 bits per heavy atom. The van der Waals surface area contributed by atoms with Crippen LogP contribution in [0, 0.1) is 5.41 Å². The molecular weight excluding hydrogens is 170 g/mol. The Morgan fingerprint density at radius 2 is 2.15 bits per heavy atom. The van der Waals surface area contributed by atoms with Crippen molar-refractivity contribution in [3.63, 3.8) is 0 Å². The van der Waals surface area contributed by atoms with Crippen molar-refractivity contribution in [2.45, 2.75) is 19.9 Å². The summed E-state index contributed by atoms with van der Waals surface area (Å²) in [5, 5.41) is 11.9. The lowest BCUT2D eigenvalue weighted by atomic mass is 9.95. The molecule has 0 fully saturated rings. The number of nitrogens with one attached hydrogen (secondary N) is 1. The molecule has 5 nitrogen and oxygen atoms in total. The highest BCUT2D eigenvalue weighted by atomic mass is 16.3. The number of nitrogens with two attached hydrogens (primary N) is 2. The van der Waals surface area contributed by atoms with Crippen molar-refractivity contribution in [2.75, 3.05) is 19.7 Å². The van der Waals surface area contributed by atoms with Crippen LogP contribution in [0.15, 0.2) is 0 Å². The van der Waals surface area contributed by atoms with Crippen LogP contribution in [0.5, 0.6) is 0 Å². The number of primary amides is 1. The molecule has 0 saturated heterocycles. The van der Waals surface area contributed by atoms with Gasteiger partial charge in [0.15, 0.2) is 0 Å². The standard InChI is InChI=1S/C8H19N3O2/c1-8(2,5-12)4-11-3-6(9)7(10)13/h6,11-12H,3-5,9H2,1-2H3,(H2,10,13). The number of amides is 1. The van der Waals surface area contributed by atoms with Crippen LogP contribution in [-0.2, 0) is 4.79 Å². The SMILES string of the molecule is CC(C)(CO)CNCC(N)C(N)=O. The van der Waals surface area contributed by atoms with Crippen molar-refractivity contribution in [2.24, 2.45) is 16.9 Å². The van der Waals surface area contributed by atoms with Crippen LogP contribution in [0.25, 0.3) is 0 Å². The Kier molecular flexibility index (Phi) is 4.90. The maximum absolute atomic E-state index is 10.5. The van der Waals surface area contributed by atoms with Crippen molar-refractivity contribution in [3.8, 4) is 0 Å². The third-order valence-corrected chi connectivity index (χ3v) is 1.76. The van der Waals surface area contributed by atoms with Crippen LogP contribution in [-0.4, -0.2) is 36.8 Å². The summed E-state index contributed by atoms with van der Waals surface area (Å²) in [6.07, 6.45) is 0. The second-order valence-electron chi connectivity index (χ2n) is 3.96. The zero-order valence-electron chi connectivity index (χ0n) is 8.21. The number of aliphatic hydroxyl groups is 1. The highest BCUT2D eigenvalue weighted by Crippen LogP contribution is 2.10. The summed E-state index contributed by atoms with van der Waals surface area (Å²) in [5.74, 6) is -0.519. The van der Waals surface area contributed by atoms with Crippen LogP contribution >= 0.6 is 0 Å². The summed E-state index contributed by atoms with van der Waals surface area (Å²) in [6.45, 7) is 4.86. The topological polar surface area (TPSA) is 101 Å². The van der Waals surface area contributed by atoms with Crippen molar-refractivity contribution >= 4 is 5.91 Å². The summed E-state index contributed by atoms with van der Waals surface area (Å²) in [6, 6.07) is -0.658. The first-order valence-corrected chi connectivity index (χ1v) is 4.25. The van der Waals surface area contributed by atoms with E-state index in [2.05, 4.69) is 5.32 Å². The Labute approximate surface area is 78.5 Å². The van der Waals surface area contributed by atoms with E-state index in [0.717, 1.165) is 0 Å². The first-order chi connectivity index (χ1) is 5.89. The molecule has 0 spiro atoms. The highest BCUT2D eigenvalue weighted by Gasteiger charge is 2.16. The molecule has 0 heterocycles. The minimum atomic E-state index is -0.658. The van der Waals surface area contributed by atoms with Crippen LogP contribution in [0.2, 0.25) is 0 Å². The smallest absolute Gasteiger partial charge is 0.235 e. The molecule has 78 valence electrons. The maximum Gasteiger partial charge on any atom is 0.235 e. The van der Waals surface area contributed by atoms with E-state index in [9.17, 15) is 4.79 Å². The van der Waals surface area contributed by atoms with E-state index < -0.39 is 11.9 Å². The van der Waals surface area contributed by atoms with Gasteiger partial charge in [0.05, 0.1) is 6.04 Å². The molecule has 1 atom stereocenters. The number of carbonyl (C=O) groups is 1. The Hall–Kier alpha value is -0.650. The van der Waals surface area contributed by atoms with Gasteiger partial charge in [0.2, 0.25) is 5.91 Å². The lowest BCUT2D eigenvalue weighted by molar-refractivity contribution is -0.119. The fourth-order valence-corrected chi connectivity index (χ4v) is 0.723. The van der Waals surface area contributed by atoms with E-state index in [1.165, 1.54) is 0 Å². The predicted octanol–water partition coefficient (Wildman–Crippen LogP) is -1.59. The van der Waals surface area contributed by atoms with Gasteiger partial charge in [0.25, 0.3) is 0 Å². The van der Waals surface area contributed by atoms with Gasteiger partial charge >= 0.3 is 0 Å². The van der Waals surface area contributed by atoms with Gasteiger partial charge in [0.1, 0.15) is 0 Å².